The van der Waals surface area contributed by atoms with Gasteiger partial charge in [-0.15, -0.1) is 0 Å². The van der Waals surface area contributed by atoms with Gasteiger partial charge in [0.2, 0.25) is 12.4 Å². The van der Waals surface area contributed by atoms with E-state index in [-0.39, 0.29) is 0 Å². The molecule has 0 saturated heterocycles. The Labute approximate surface area is 65.0 Å². The van der Waals surface area contributed by atoms with Crippen molar-refractivity contribution in [3.8, 4) is 0 Å². The second-order valence-corrected chi connectivity index (χ2v) is 2.24. The highest BCUT2D eigenvalue weighted by Crippen LogP contribution is 2.00. The first kappa shape index (κ1) is 7.35. The van der Waals surface area contributed by atoms with E-state index >= 15 is 0 Å². The van der Waals surface area contributed by atoms with E-state index in [9.17, 15) is 0 Å². The lowest BCUT2D eigenvalue weighted by molar-refractivity contribution is -0.890. The minimum absolute atomic E-state index is 0.644. The van der Waals surface area contributed by atoms with Crippen LogP contribution in [0.15, 0.2) is 24.5 Å². The molecular formula is C7H9ClNO+. The first-order chi connectivity index (χ1) is 4.83. The van der Waals surface area contributed by atoms with Crippen molar-refractivity contribution in [2.75, 3.05) is 6.61 Å². The van der Waals surface area contributed by atoms with Crippen molar-refractivity contribution in [2.45, 2.75) is 6.92 Å². The summed E-state index contributed by atoms with van der Waals surface area (Å²) < 4.78 is 1.59. The summed E-state index contributed by atoms with van der Waals surface area (Å²) in [6, 6.07) is 3.63. The van der Waals surface area contributed by atoms with Gasteiger partial charge < -0.3 is 0 Å². The largest absolute Gasteiger partial charge is 0.272 e. The van der Waals surface area contributed by atoms with Gasteiger partial charge in [-0.25, -0.2) is 0 Å². The van der Waals surface area contributed by atoms with Crippen molar-refractivity contribution in [2.24, 2.45) is 0 Å². The van der Waals surface area contributed by atoms with Gasteiger partial charge in [-0.3, -0.25) is 4.84 Å². The van der Waals surface area contributed by atoms with E-state index in [1.54, 1.807) is 23.2 Å². The van der Waals surface area contributed by atoms with Crippen LogP contribution in [0.3, 0.4) is 0 Å². The molecule has 0 aliphatic carbocycles. The highest BCUT2D eigenvalue weighted by molar-refractivity contribution is 6.30. The van der Waals surface area contributed by atoms with Gasteiger partial charge in [0.05, 0.1) is 0 Å². The van der Waals surface area contributed by atoms with Gasteiger partial charge >= 0.3 is 0 Å². The predicted molar refractivity (Wildman–Crippen MR) is 38.8 cm³/mol. The number of nitrogens with zero attached hydrogens (tertiary/aromatic N) is 1. The van der Waals surface area contributed by atoms with Gasteiger partial charge in [0.15, 0.2) is 6.61 Å². The lowest BCUT2D eigenvalue weighted by Crippen LogP contribution is -2.41. The molecular weight excluding hydrogens is 150 g/mol. The molecule has 54 valence electrons. The highest BCUT2D eigenvalue weighted by atomic mass is 35.5. The number of hydrogen-bond donors (Lipinski definition) is 0. The van der Waals surface area contributed by atoms with Crippen LogP contribution in [0.1, 0.15) is 6.92 Å². The summed E-state index contributed by atoms with van der Waals surface area (Å²) in [6.45, 7) is 2.57. The SMILES string of the molecule is CCO[n+]1cccc(Cl)c1. The fourth-order valence-corrected chi connectivity index (χ4v) is 0.826. The summed E-state index contributed by atoms with van der Waals surface area (Å²) >= 11 is 5.68. The Morgan fingerprint density at radius 1 is 1.70 bits per heavy atom. The monoisotopic (exact) mass is 158 g/mol. The smallest absolute Gasteiger partial charge is 0.240 e. The molecule has 2 nitrogen and oxygen atoms in total. The molecule has 0 unspecified atom stereocenters. The van der Waals surface area contributed by atoms with E-state index in [0.717, 1.165) is 0 Å². The van der Waals surface area contributed by atoms with Crippen LogP contribution in [0.2, 0.25) is 5.02 Å². The Hall–Kier alpha value is -0.760. The van der Waals surface area contributed by atoms with Crippen LogP contribution >= 0.6 is 11.6 Å². The van der Waals surface area contributed by atoms with E-state index in [0.29, 0.717) is 11.6 Å². The quantitative estimate of drug-likeness (QED) is 0.587. The van der Waals surface area contributed by atoms with E-state index in [1.165, 1.54) is 0 Å². The van der Waals surface area contributed by atoms with Gasteiger partial charge in [-0.05, 0) is 13.0 Å². The Bertz CT molecular complexity index is 215. The topological polar surface area (TPSA) is 13.1 Å². The molecule has 0 bridgehead atoms. The fraction of sp³-hybridized carbons (Fsp3) is 0.286. The molecule has 0 saturated carbocycles. The summed E-state index contributed by atoms with van der Waals surface area (Å²) in [5.74, 6) is 0. The third-order valence-electron chi connectivity index (χ3n) is 1.02. The van der Waals surface area contributed by atoms with Crippen LogP contribution in [-0.4, -0.2) is 6.61 Å². The number of halogens is 1. The van der Waals surface area contributed by atoms with Crippen molar-refractivity contribution in [3.63, 3.8) is 0 Å². The van der Waals surface area contributed by atoms with Crippen molar-refractivity contribution in [3.05, 3.63) is 29.5 Å². The standard InChI is InChI=1S/C7H9ClNO/c1-2-10-9-5-3-4-7(8)6-9/h3-6H,2H2,1H3/q+1. The molecule has 1 rings (SSSR count). The number of hydrogen-bond acceptors (Lipinski definition) is 1. The zero-order chi connectivity index (χ0) is 7.40. The zero-order valence-corrected chi connectivity index (χ0v) is 6.51. The number of pyridine rings is 1. The minimum atomic E-state index is 0.644. The van der Waals surface area contributed by atoms with Crippen LogP contribution in [0.4, 0.5) is 0 Å². The maximum atomic E-state index is 5.68. The van der Waals surface area contributed by atoms with Crippen molar-refractivity contribution < 1.29 is 9.57 Å². The Morgan fingerprint density at radius 3 is 3.10 bits per heavy atom. The fourth-order valence-electron chi connectivity index (χ4n) is 0.657. The van der Waals surface area contributed by atoms with Gasteiger partial charge in [0.25, 0.3) is 0 Å². The second-order valence-electron chi connectivity index (χ2n) is 1.80. The van der Waals surface area contributed by atoms with Crippen molar-refractivity contribution in [1.82, 2.24) is 0 Å². The molecule has 0 aromatic carbocycles. The molecule has 1 aromatic rings. The van der Waals surface area contributed by atoms with E-state index in [1.807, 2.05) is 13.0 Å². The summed E-state index contributed by atoms with van der Waals surface area (Å²) in [5.41, 5.74) is 0. The van der Waals surface area contributed by atoms with Crippen molar-refractivity contribution >= 4 is 11.6 Å². The molecule has 0 amide bonds. The van der Waals surface area contributed by atoms with Crippen LogP contribution < -0.4 is 9.57 Å². The second kappa shape index (κ2) is 3.42. The Balaban J connectivity index is 2.75. The van der Waals surface area contributed by atoms with Gasteiger partial charge in [0, 0.05) is 10.8 Å². The van der Waals surface area contributed by atoms with Gasteiger partial charge in [0.1, 0.15) is 5.02 Å². The minimum Gasteiger partial charge on any atom is -0.272 e. The van der Waals surface area contributed by atoms with E-state index in [2.05, 4.69) is 0 Å². The maximum absolute atomic E-state index is 5.68. The third kappa shape index (κ3) is 1.88. The summed E-state index contributed by atoms with van der Waals surface area (Å²) in [4.78, 5) is 5.12. The summed E-state index contributed by atoms with van der Waals surface area (Å²) in [6.07, 6.45) is 3.51. The van der Waals surface area contributed by atoms with E-state index < -0.39 is 0 Å². The zero-order valence-electron chi connectivity index (χ0n) is 5.75. The molecule has 10 heavy (non-hydrogen) atoms. The maximum Gasteiger partial charge on any atom is 0.240 e. The molecule has 0 aliphatic rings. The highest BCUT2D eigenvalue weighted by Gasteiger charge is 1.98. The average molecular weight is 159 g/mol. The first-order valence-corrected chi connectivity index (χ1v) is 3.51. The number of aromatic nitrogens is 1. The van der Waals surface area contributed by atoms with Crippen LogP contribution in [-0.2, 0) is 0 Å². The van der Waals surface area contributed by atoms with Crippen molar-refractivity contribution in [1.29, 1.82) is 0 Å². The lowest BCUT2D eigenvalue weighted by atomic mass is 10.5. The molecule has 1 aromatic heterocycles. The van der Waals surface area contributed by atoms with Gasteiger partial charge in [-0.1, -0.05) is 11.6 Å². The predicted octanol–water partition coefficient (Wildman–Crippen LogP) is 1.08. The van der Waals surface area contributed by atoms with Crippen LogP contribution in [0.5, 0.6) is 0 Å². The van der Waals surface area contributed by atoms with E-state index in [4.69, 9.17) is 16.4 Å². The first-order valence-electron chi connectivity index (χ1n) is 3.13. The number of rotatable bonds is 2. The molecule has 1 heterocycles. The molecule has 3 heteroatoms. The van der Waals surface area contributed by atoms with Crippen LogP contribution in [0, 0.1) is 0 Å². The van der Waals surface area contributed by atoms with Gasteiger partial charge in [-0.2, -0.15) is 0 Å². The van der Waals surface area contributed by atoms with Crippen LogP contribution in [0.25, 0.3) is 0 Å². The Kier molecular flexibility index (Phi) is 2.51. The normalized spacial score (nSPS) is 9.40. The molecule has 0 fully saturated rings. The summed E-state index contributed by atoms with van der Waals surface area (Å²) in [7, 11) is 0. The average Bonchev–Trinajstić information content (AvgIpc) is 1.88. The Morgan fingerprint density at radius 2 is 2.50 bits per heavy atom. The molecule has 0 spiro atoms. The molecule has 0 atom stereocenters. The third-order valence-corrected chi connectivity index (χ3v) is 1.24. The lowest BCUT2D eigenvalue weighted by Gasteiger charge is -1.91. The molecule has 0 N–H and O–H groups in total. The molecule has 0 radical (unpaired) electrons. The summed E-state index contributed by atoms with van der Waals surface area (Å²) in [5, 5.41) is 0.677. The molecule has 0 aliphatic heterocycles.